The van der Waals surface area contributed by atoms with Crippen LogP contribution in [0.3, 0.4) is 0 Å². The van der Waals surface area contributed by atoms with Gasteiger partial charge in [-0.3, -0.25) is 4.79 Å². The van der Waals surface area contributed by atoms with E-state index in [0.29, 0.717) is 13.1 Å². The summed E-state index contributed by atoms with van der Waals surface area (Å²) in [6.07, 6.45) is 0.920. The summed E-state index contributed by atoms with van der Waals surface area (Å²) in [6, 6.07) is 8.05. The molecule has 124 valence electrons. The van der Waals surface area contributed by atoms with Crippen LogP contribution in [0.25, 0.3) is 0 Å². The molecule has 0 saturated heterocycles. The third-order valence-electron chi connectivity index (χ3n) is 4.13. The minimum absolute atomic E-state index is 0.0502. The third-order valence-corrected chi connectivity index (χ3v) is 4.13. The van der Waals surface area contributed by atoms with Gasteiger partial charge in [0.05, 0.1) is 6.04 Å². The first-order valence-corrected chi connectivity index (χ1v) is 8.15. The summed E-state index contributed by atoms with van der Waals surface area (Å²) in [5.74, 6) is 0.262. The Morgan fingerprint density at radius 1 is 1.09 bits per heavy atom. The molecule has 22 heavy (non-hydrogen) atoms. The summed E-state index contributed by atoms with van der Waals surface area (Å²) in [4.78, 5) is 16.5. The highest BCUT2D eigenvalue weighted by molar-refractivity contribution is 5.81. The van der Waals surface area contributed by atoms with Crippen molar-refractivity contribution < 1.29 is 4.79 Å². The van der Waals surface area contributed by atoms with Crippen molar-refractivity contribution in [1.29, 1.82) is 0 Å². The minimum atomic E-state index is -0.405. The van der Waals surface area contributed by atoms with Crippen LogP contribution >= 0.6 is 0 Å². The van der Waals surface area contributed by atoms with Gasteiger partial charge in [-0.25, -0.2) is 0 Å². The molecule has 0 bridgehead atoms. The summed E-state index contributed by atoms with van der Waals surface area (Å²) in [6.45, 7) is 8.34. The van der Waals surface area contributed by atoms with Crippen LogP contribution in [0.5, 0.6) is 0 Å². The number of rotatable bonds is 8. The number of carbonyl (C=O) groups excluding carboxylic acids is 1. The molecule has 0 fully saturated rings. The van der Waals surface area contributed by atoms with Crippen molar-refractivity contribution in [2.75, 3.05) is 20.6 Å². The molecule has 0 saturated carbocycles. The zero-order valence-corrected chi connectivity index (χ0v) is 14.7. The van der Waals surface area contributed by atoms with Crippen LogP contribution in [0, 0.1) is 5.92 Å². The average Bonchev–Trinajstić information content (AvgIpc) is 2.51. The number of amides is 1. The Bertz CT molecular complexity index is 456. The summed E-state index contributed by atoms with van der Waals surface area (Å²) < 4.78 is 0. The second-order valence-corrected chi connectivity index (χ2v) is 6.32. The van der Waals surface area contributed by atoms with Gasteiger partial charge in [0, 0.05) is 19.6 Å². The summed E-state index contributed by atoms with van der Waals surface area (Å²) >= 11 is 0. The molecule has 2 atom stereocenters. The zero-order valence-electron chi connectivity index (χ0n) is 14.7. The van der Waals surface area contributed by atoms with Crippen LogP contribution < -0.4 is 5.73 Å². The normalized spacial score (nSPS) is 14.0. The van der Waals surface area contributed by atoms with E-state index in [-0.39, 0.29) is 11.8 Å². The number of hydrogen-bond donors (Lipinski definition) is 1. The monoisotopic (exact) mass is 305 g/mol. The highest BCUT2D eigenvalue weighted by atomic mass is 16.2. The van der Waals surface area contributed by atoms with Gasteiger partial charge in [0.15, 0.2) is 0 Å². The van der Waals surface area contributed by atoms with Gasteiger partial charge in [-0.1, -0.05) is 44.5 Å². The molecule has 0 aliphatic rings. The van der Waals surface area contributed by atoms with Crippen molar-refractivity contribution in [1.82, 2.24) is 9.80 Å². The van der Waals surface area contributed by atoms with Gasteiger partial charge in [-0.05, 0) is 38.1 Å². The van der Waals surface area contributed by atoms with Gasteiger partial charge in [0.25, 0.3) is 0 Å². The molecule has 1 aromatic carbocycles. The Morgan fingerprint density at radius 2 is 1.59 bits per heavy atom. The first kappa shape index (κ1) is 18.7. The molecule has 1 aromatic rings. The van der Waals surface area contributed by atoms with E-state index in [4.69, 9.17) is 5.73 Å². The van der Waals surface area contributed by atoms with Gasteiger partial charge in [0.2, 0.25) is 5.91 Å². The number of carbonyl (C=O) groups is 1. The van der Waals surface area contributed by atoms with Crippen LogP contribution in [-0.4, -0.2) is 42.4 Å². The number of hydrogen-bond acceptors (Lipinski definition) is 3. The molecular weight excluding hydrogens is 274 g/mol. The largest absolute Gasteiger partial charge is 0.337 e. The summed E-state index contributed by atoms with van der Waals surface area (Å²) in [5, 5.41) is 0. The average molecular weight is 305 g/mol. The van der Waals surface area contributed by atoms with Gasteiger partial charge in [-0.2, -0.15) is 0 Å². The Labute approximate surface area is 135 Å². The van der Waals surface area contributed by atoms with E-state index in [9.17, 15) is 4.79 Å². The lowest BCUT2D eigenvalue weighted by Gasteiger charge is -2.27. The standard InChI is InChI=1S/C18H31N3O/c1-6-14(3)17(19)18(22)21(7-2)13-16-10-8-15(9-11-16)12-20(4)5/h8-11,14,17H,6-7,12-13,19H2,1-5H3. The summed E-state index contributed by atoms with van der Waals surface area (Å²) in [5.41, 5.74) is 8.51. The predicted octanol–water partition coefficient (Wildman–Crippen LogP) is 2.47. The quantitative estimate of drug-likeness (QED) is 0.802. The lowest BCUT2D eigenvalue weighted by atomic mass is 9.98. The molecule has 2 unspecified atom stereocenters. The molecular formula is C18H31N3O. The third kappa shape index (κ3) is 5.43. The van der Waals surface area contributed by atoms with E-state index in [2.05, 4.69) is 50.2 Å². The summed E-state index contributed by atoms with van der Waals surface area (Å²) in [7, 11) is 4.11. The van der Waals surface area contributed by atoms with E-state index in [0.717, 1.165) is 18.5 Å². The van der Waals surface area contributed by atoms with E-state index in [1.807, 2.05) is 18.7 Å². The highest BCUT2D eigenvalue weighted by Crippen LogP contribution is 2.13. The predicted molar refractivity (Wildman–Crippen MR) is 92.4 cm³/mol. The SMILES string of the molecule is CCC(C)C(N)C(=O)N(CC)Cc1ccc(CN(C)C)cc1. The Morgan fingerprint density at radius 3 is 2.00 bits per heavy atom. The molecule has 0 aromatic heterocycles. The van der Waals surface area contributed by atoms with Crippen molar-refractivity contribution in [2.24, 2.45) is 11.7 Å². The van der Waals surface area contributed by atoms with Crippen LogP contribution in [0.4, 0.5) is 0 Å². The second kappa shape index (κ2) is 8.91. The molecule has 0 aliphatic heterocycles. The number of likely N-dealkylation sites (N-methyl/N-ethyl adjacent to an activating group) is 1. The minimum Gasteiger partial charge on any atom is -0.337 e. The van der Waals surface area contributed by atoms with Crippen LogP contribution in [-0.2, 0) is 17.9 Å². The Kier molecular flexibility index (Phi) is 7.56. The number of benzene rings is 1. The molecule has 0 radical (unpaired) electrons. The maximum Gasteiger partial charge on any atom is 0.240 e. The molecule has 0 heterocycles. The molecule has 0 spiro atoms. The van der Waals surface area contributed by atoms with E-state index in [1.165, 1.54) is 5.56 Å². The number of nitrogens with zero attached hydrogens (tertiary/aromatic N) is 2. The number of nitrogens with two attached hydrogens (primary N) is 1. The molecule has 1 rings (SSSR count). The fraction of sp³-hybridized carbons (Fsp3) is 0.611. The molecule has 1 amide bonds. The van der Waals surface area contributed by atoms with Crippen LogP contribution in [0.1, 0.15) is 38.3 Å². The Balaban J connectivity index is 2.71. The first-order valence-electron chi connectivity index (χ1n) is 8.15. The van der Waals surface area contributed by atoms with Crippen molar-refractivity contribution in [3.05, 3.63) is 35.4 Å². The highest BCUT2D eigenvalue weighted by Gasteiger charge is 2.24. The van der Waals surface area contributed by atoms with Gasteiger partial charge < -0.3 is 15.5 Å². The van der Waals surface area contributed by atoms with Crippen LogP contribution in [0.2, 0.25) is 0 Å². The molecule has 0 aliphatic carbocycles. The molecule has 4 nitrogen and oxygen atoms in total. The van der Waals surface area contributed by atoms with Gasteiger partial charge in [-0.15, -0.1) is 0 Å². The van der Waals surface area contributed by atoms with Crippen LogP contribution in [0.15, 0.2) is 24.3 Å². The zero-order chi connectivity index (χ0) is 16.7. The topological polar surface area (TPSA) is 49.6 Å². The first-order chi connectivity index (χ1) is 10.4. The lowest BCUT2D eigenvalue weighted by Crippen LogP contribution is -2.46. The maximum absolute atomic E-state index is 12.5. The van der Waals surface area contributed by atoms with E-state index >= 15 is 0 Å². The van der Waals surface area contributed by atoms with Crippen molar-refractivity contribution in [3.8, 4) is 0 Å². The molecule has 2 N–H and O–H groups in total. The van der Waals surface area contributed by atoms with Crippen molar-refractivity contribution in [3.63, 3.8) is 0 Å². The second-order valence-electron chi connectivity index (χ2n) is 6.32. The Hall–Kier alpha value is -1.39. The van der Waals surface area contributed by atoms with E-state index in [1.54, 1.807) is 0 Å². The van der Waals surface area contributed by atoms with Gasteiger partial charge >= 0.3 is 0 Å². The lowest BCUT2D eigenvalue weighted by molar-refractivity contribution is -0.134. The fourth-order valence-corrected chi connectivity index (χ4v) is 2.39. The van der Waals surface area contributed by atoms with Gasteiger partial charge in [0.1, 0.15) is 0 Å². The molecule has 4 heteroatoms. The van der Waals surface area contributed by atoms with Crippen molar-refractivity contribution >= 4 is 5.91 Å². The maximum atomic E-state index is 12.5. The van der Waals surface area contributed by atoms with E-state index < -0.39 is 6.04 Å². The van der Waals surface area contributed by atoms with Crippen molar-refractivity contribution in [2.45, 2.75) is 46.3 Å². The smallest absolute Gasteiger partial charge is 0.240 e. The fourth-order valence-electron chi connectivity index (χ4n) is 2.39.